The van der Waals surface area contributed by atoms with Crippen molar-refractivity contribution in [3.63, 3.8) is 0 Å². The third-order valence-corrected chi connectivity index (χ3v) is 3.23. The SMILES string of the molecule is C[C@@H](O)[C@H](NC(=O)[C@@H](N)CCC(=O)O)C(=O)N[C@@H](CS)C(=O)O. The fraction of sp³-hybridized carbons (Fsp3) is 0.667. The first-order valence-electron chi connectivity index (χ1n) is 6.70. The van der Waals surface area contributed by atoms with Crippen LogP contribution in [0, 0.1) is 0 Å². The van der Waals surface area contributed by atoms with Crippen molar-refractivity contribution in [1.29, 1.82) is 0 Å². The molecule has 11 heteroatoms. The van der Waals surface area contributed by atoms with E-state index in [4.69, 9.17) is 15.9 Å². The molecule has 0 aromatic rings. The summed E-state index contributed by atoms with van der Waals surface area (Å²) >= 11 is 3.78. The number of carbonyl (C=O) groups excluding carboxylic acids is 2. The molecule has 0 aromatic carbocycles. The smallest absolute Gasteiger partial charge is 0.327 e. The van der Waals surface area contributed by atoms with E-state index in [1.807, 2.05) is 0 Å². The van der Waals surface area contributed by atoms with Gasteiger partial charge in [0.15, 0.2) is 0 Å². The maximum atomic E-state index is 12.0. The Hall–Kier alpha value is -1.85. The van der Waals surface area contributed by atoms with E-state index in [1.165, 1.54) is 6.92 Å². The maximum Gasteiger partial charge on any atom is 0.327 e. The molecule has 0 radical (unpaired) electrons. The lowest BCUT2D eigenvalue weighted by Crippen LogP contribution is -2.58. The van der Waals surface area contributed by atoms with E-state index < -0.39 is 48.0 Å². The van der Waals surface area contributed by atoms with Gasteiger partial charge in [0.1, 0.15) is 12.1 Å². The topological polar surface area (TPSA) is 179 Å². The minimum absolute atomic E-state index is 0.149. The van der Waals surface area contributed by atoms with Gasteiger partial charge in [0.25, 0.3) is 0 Å². The Morgan fingerprint density at radius 3 is 2.09 bits per heavy atom. The maximum absolute atomic E-state index is 12.0. The Balaban J connectivity index is 4.79. The van der Waals surface area contributed by atoms with Crippen LogP contribution in [-0.2, 0) is 19.2 Å². The summed E-state index contributed by atoms with van der Waals surface area (Å²) < 4.78 is 0. The molecule has 0 saturated carbocycles. The third kappa shape index (κ3) is 7.81. The van der Waals surface area contributed by atoms with E-state index in [2.05, 4.69) is 23.3 Å². The zero-order valence-electron chi connectivity index (χ0n) is 12.4. The Labute approximate surface area is 137 Å². The van der Waals surface area contributed by atoms with Crippen molar-refractivity contribution in [1.82, 2.24) is 10.6 Å². The molecule has 132 valence electrons. The molecule has 0 bridgehead atoms. The van der Waals surface area contributed by atoms with Crippen molar-refractivity contribution in [3.05, 3.63) is 0 Å². The molecule has 0 spiro atoms. The zero-order chi connectivity index (χ0) is 18.2. The van der Waals surface area contributed by atoms with E-state index in [0.717, 1.165) is 0 Å². The van der Waals surface area contributed by atoms with Crippen LogP contribution in [0.2, 0.25) is 0 Å². The van der Waals surface area contributed by atoms with Crippen LogP contribution in [0.4, 0.5) is 0 Å². The first kappa shape index (κ1) is 21.1. The van der Waals surface area contributed by atoms with Crippen LogP contribution < -0.4 is 16.4 Å². The van der Waals surface area contributed by atoms with E-state index in [0.29, 0.717) is 0 Å². The number of rotatable bonds is 10. The van der Waals surface area contributed by atoms with Gasteiger partial charge >= 0.3 is 11.9 Å². The Kier molecular flexibility index (Phi) is 9.22. The summed E-state index contributed by atoms with van der Waals surface area (Å²) in [6.07, 6.45) is -1.80. The van der Waals surface area contributed by atoms with Gasteiger partial charge in [0.2, 0.25) is 11.8 Å². The molecule has 0 aliphatic heterocycles. The normalized spacial score (nSPS) is 15.8. The number of nitrogens with one attached hydrogen (secondary N) is 2. The lowest BCUT2D eigenvalue weighted by atomic mass is 10.1. The van der Waals surface area contributed by atoms with Gasteiger partial charge in [0.05, 0.1) is 12.1 Å². The number of nitrogens with two attached hydrogens (primary N) is 1. The van der Waals surface area contributed by atoms with Crippen molar-refractivity contribution in [2.45, 2.75) is 44.0 Å². The Morgan fingerprint density at radius 1 is 1.13 bits per heavy atom. The van der Waals surface area contributed by atoms with Crippen molar-refractivity contribution in [3.8, 4) is 0 Å². The van der Waals surface area contributed by atoms with Gasteiger partial charge in [-0.3, -0.25) is 14.4 Å². The number of aliphatic carboxylic acids is 2. The summed E-state index contributed by atoms with van der Waals surface area (Å²) in [6.45, 7) is 1.23. The number of amides is 2. The molecule has 0 aromatic heterocycles. The average molecular weight is 351 g/mol. The Bertz CT molecular complexity index is 458. The molecule has 10 nitrogen and oxygen atoms in total. The van der Waals surface area contributed by atoms with E-state index in [1.54, 1.807) is 0 Å². The molecular formula is C12H21N3O7S. The fourth-order valence-corrected chi connectivity index (χ4v) is 1.77. The summed E-state index contributed by atoms with van der Waals surface area (Å²) in [6, 6.07) is -3.90. The molecule has 7 N–H and O–H groups in total. The number of aliphatic hydroxyl groups excluding tert-OH is 1. The van der Waals surface area contributed by atoms with Gasteiger partial charge < -0.3 is 31.7 Å². The zero-order valence-corrected chi connectivity index (χ0v) is 13.3. The number of carboxylic acids is 2. The highest BCUT2D eigenvalue weighted by Crippen LogP contribution is 2.00. The first-order valence-corrected chi connectivity index (χ1v) is 7.33. The van der Waals surface area contributed by atoms with Crippen molar-refractivity contribution in [2.24, 2.45) is 5.73 Å². The predicted molar refractivity (Wildman–Crippen MR) is 81.9 cm³/mol. The number of thiol groups is 1. The molecule has 0 aliphatic rings. The predicted octanol–water partition coefficient (Wildman–Crippen LogP) is -2.46. The molecule has 0 heterocycles. The van der Waals surface area contributed by atoms with Crippen LogP contribution in [0.3, 0.4) is 0 Å². The summed E-state index contributed by atoms with van der Waals surface area (Å²) in [4.78, 5) is 45.1. The van der Waals surface area contributed by atoms with E-state index in [-0.39, 0.29) is 18.6 Å². The molecule has 2 amide bonds. The standard InChI is InChI=1S/C12H21N3O7S/c1-5(16)9(11(20)14-7(4-23)12(21)22)15-10(19)6(13)2-3-8(17)18/h5-7,9,16,23H,2-4,13H2,1H3,(H,14,20)(H,15,19)(H,17,18)(H,21,22)/t5-,6+,7+,9+/m1/s1. The van der Waals surface area contributed by atoms with E-state index >= 15 is 0 Å². The van der Waals surface area contributed by atoms with Crippen LogP contribution in [0.25, 0.3) is 0 Å². The van der Waals surface area contributed by atoms with Crippen LogP contribution >= 0.6 is 12.6 Å². The van der Waals surface area contributed by atoms with Crippen LogP contribution in [0.15, 0.2) is 0 Å². The van der Waals surface area contributed by atoms with Gasteiger partial charge in [-0.1, -0.05) is 0 Å². The summed E-state index contributed by atoms with van der Waals surface area (Å²) in [5.41, 5.74) is 5.49. The highest BCUT2D eigenvalue weighted by molar-refractivity contribution is 7.80. The largest absolute Gasteiger partial charge is 0.481 e. The van der Waals surface area contributed by atoms with Gasteiger partial charge in [-0.25, -0.2) is 4.79 Å². The number of carboxylic acid groups (broad SMARTS) is 2. The lowest BCUT2D eigenvalue weighted by molar-refractivity contribution is -0.142. The monoisotopic (exact) mass is 351 g/mol. The summed E-state index contributed by atoms with van der Waals surface area (Å²) in [7, 11) is 0. The van der Waals surface area contributed by atoms with Gasteiger partial charge in [-0.15, -0.1) is 0 Å². The second-order valence-electron chi connectivity index (χ2n) is 4.85. The lowest BCUT2D eigenvalue weighted by Gasteiger charge is -2.24. The van der Waals surface area contributed by atoms with Gasteiger partial charge in [-0.05, 0) is 13.3 Å². The van der Waals surface area contributed by atoms with Crippen molar-refractivity contribution >= 4 is 36.4 Å². The molecule has 23 heavy (non-hydrogen) atoms. The van der Waals surface area contributed by atoms with Crippen LogP contribution in [0.5, 0.6) is 0 Å². The molecule has 0 aliphatic carbocycles. The second-order valence-corrected chi connectivity index (χ2v) is 5.21. The number of carbonyl (C=O) groups is 4. The molecule has 0 rings (SSSR count). The molecular weight excluding hydrogens is 330 g/mol. The average Bonchev–Trinajstić information content (AvgIpc) is 2.46. The second kappa shape index (κ2) is 10.0. The van der Waals surface area contributed by atoms with Crippen LogP contribution in [-0.4, -0.2) is 69.1 Å². The number of aliphatic hydroxyl groups is 1. The number of hydrogen-bond acceptors (Lipinski definition) is 7. The third-order valence-electron chi connectivity index (χ3n) is 2.87. The minimum atomic E-state index is -1.43. The minimum Gasteiger partial charge on any atom is -0.481 e. The first-order chi connectivity index (χ1) is 10.6. The number of hydrogen-bond donors (Lipinski definition) is 7. The van der Waals surface area contributed by atoms with Crippen molar-refractivity contribution in [2.75, 3.05) is 5.75 Å². The Morgan fingerprint density at radius 2 is 1.70 bits per heavy atom. The fourth-order valence-electron chi connectivity index (χ4n) is 1.52. The highest BCUT2D eigenvalue weighted by Gasteiger charge is 2.30. The highest BCUT2D eigenvalue weighted by atomic mass is 32.1. The van der Waals surface area contributed by atoms with Crippen LogP contribution in [0.1, 0.15) is 19.8 Å². The molecule has 0 saturated heterocycles. The summed E-state index contributed by atoms with van der Waals surface area (Å²) in [5, 5.41) is 31.2. The van der Waals surface area contributed by atoms with E-state index in [9.17, 15) is 24.3 Å². The van der Waals surface area contributed by atoms with Gasteiger partial charge in [0, 0.05) is 12.2 Å². The molecule has 4 atom stereocenters. The summed E-state index contributed by atoms with van der Waals surface area (Å²) in [5.74, 6) is -4.37. The van der Waals surface area contributed by atoms with Gasteiger partial charge in [-0.2, -0.15) is 12.6 Å². The van der Waals surface area contributed by atoms with Crippen molar-refractivity contribution < 1.29 is 34.5 Å². The quantitative estimate of drug-likeness (QED) is 0.212. The molecule has 0 unspecified atom stereocenters. The molecule has 0 fully saturated rings.